The highest BCUT2D eigenvalue weighted by molar-refractivity contribution is 5.79. The van der Waals surface area contributed by atoms with Crippen molar-refractivity contribution in [2.75, 3.05) is 18.5 Å². The second-order valence-corrected chi connectivity index (χ2v) is 10.5. The van der Waals surface area contributed by atoms with Gasteiger partial charge in [-0.3, -0.25) is 9.36 Å². The van der Waals surface area contributed by atoms with Crippen LogP contribution in [-0.4, -0.2) is 51.4 Å². The first kappa shape index (κ1) is 35.7. The monoisotopic (exact) mass is 624 g/mol. The fourth-order valence-corrected chi connectivity index (χ4v) is 4.12. The van der Waals surface area contributed by atoms with E-state index >= 15 is 0 Å². The number of aryl methyl sites for hydroxylation is 2. The Kier molecular flexibility index (Phi) is 13.1. The van der Waals surface area contributed by atoms with Crippen LogP contribution in [0.25, 0.3) is 0 Å². The summed E-state index contributed by atoms with van der Waals surface area (Å²) in [7, 11) is 0. The number of hydrogen-bond donors (Lipinski definition) is 1. The molecule has 0 fully saturated rings. The first-order valence-electron chi connectivity index (χ1n) is 14.1. The first-order valence-corrected chi connectivity index (χ1v) is 14.1. The number of hydrogen-bond acceptors (Lipinski definition) is 7. The maximum absolute atomic E-state index is 12.8. The lowest BCUT2D eigenvalue weighted by molar-refractivity contribution is -0.158. The zero-order chi connectivity index (χ0) is 32.3. The third kappa shape index (κ3) is 12.7. The Balaban J connectivity index is 1.97. The average Bonchev–Trinajstić information content (AvgIpc) is 2.89. The average molecular weight is 625 g/mol. The number of halogens is 6. The van der Waals surface area contributed by atoms with Crippen molar-refractivity contribution in [2.45, 2.75) is 103 Å². The predicted octanol–water partition coefficient (Wildman–Crippen LogP) is 5.64. The first-order chi connectivity index (χ1) is 20.0. The molecule has 0 radical (unpaired) electrons. The van der Waals surface area contributed by atoms with E-state index < -0.39 is 73.9 Å². The van der Waals surface area contributed by atoms with Crippen LogP contribution in [0.4, 0.5) is 32.2 Å². The summed E-state index contributed by atoms with van der Waals surface area (Å²) in [6.45, 7) is 4.42. The number of esters is 1. The number of nitrogens with one attached hydrogen (secondary N) is 1. The van der Waals surface area contributed by atoms with Gasteiger partial charge in [0.25, 0.3) is 5.56 Å². The summed E-state index contributed by atoms with van der Waals surface area (Å²) in [5.74, 6) is -0.278. The molecule has 0 aliphatic heterocycles. The van der Waals surface area contributed by atoms with E-state index in [-0.39, 0.29) is 19.0 Å². The molecule has 0 atom stereocenters. The van der Waals surface area contributed by atoms with E-state index in [1.54, 1.807) is 26.8 Å². The molecular formula is C28H38F6N4O5. The number of ether oxygens (including phenoxy) is 2. The zero-order valence-corrected chi connectivity index (χ0v) is 24.4. The van der Waals surface area contributed by atoms with E-state index in [4.69, 9.17) is 9.47 Å². The topological polar surface area (TPSA) is 104 Å². The van der Waals surface area contributed by atoms with Gasteiger partial charge in [0, 0.05) is 32.5 Å². The minimum absolute atomic E-state index is 0.237. The van der Waals surface area contributed by atoms with Crippen LogP contribution in [0.1, 0.15) is 71.3 Å². The van der Waals surface area contributed by atoms with Gasteiger partial charge in [0.05, 0.1) is 6.61 Å². The van der Waals surface area contributed by atoms with E-state index in [0.717, 1.165) is 12.0 Å². The fourth-order valence-electron chi connectivity index (χ4n) is 4.12. The van der Waals surface area contributed by atoms with Crippen molar-refractivity contribution in [1.29, 1.82) is 0 Å². The fraction of sp³-hybridized carbons (Fsp3) is 0.643. The van der Waals surface area contributed by atoms with Gasteiger partial charge in [0.1, 0.15) is 5.75 Å². The summed E-state index contributed by atoms with van der Waals surface area (Å²) in [5, 5.41) is 6.64. The molecule has 9 nitrogen and oxygen atoms in total. The van der Waals surface area contributed by atoms with Gasteiger partial charge in [-0.1, -0.05) is 18.6 Å². The molecule has 0 spiro atoms. The number of alkyl halides is 6. The molecule has 0 saturated heterocycles. The van der Waals surface area contributed by atoms with Crippen LogP contribution in [0, 0.1) is 0 Å². The van der Waals surface area contributed by atoms with Crippen LogP contribution >= 0.6 is 0 Å². The Hall–Kier alpha value is -3.52. The summed E-state index contributed by atoms with van der Waals surface area (Å²) >= 11 is 0. The number of rotatable bonds is 17. The molecule has 0 aliphatic rings. The van der Waals surface area contributed by atoms with Crippen molar-refractivity contribution in [3.05, 3.63) is 50.7 Å². The Morgan fingerprint density at radius 2 is 1.58 bits per heavy atom. The lowest BCUT2D eigenvalue weighted by atomic mass is 10.1. The Labute approximate surface area is 245 Å². The van der Waals surface area contributed by atoms with Gasteiger partial charge in [-0.2, -0.15) is 26.3 Å². The van der Waals surface area contributed by atoms with E-state index in [9.17, 15) is 40.7 Å². The minimum Gasteiger partial charge on any atom is -0.476 e. The van der Waals surface area contributed by atoms with Crippen LogP contribution < -0.4 is 21.3 Å². The van der Waals surface area contributed by atoms with Gasteiger partial charge in [-0.25, -0.2) is 14.3 Å². The van der Waals surface area contributed by atoms with Crippen LogP contribution in [0.2, 0.25) is 0 Å². The third-order valence-corrected chi connectivity index (χ3v) is 6.27. The van der Waals surface area contributed by atoms with Crippen molar-refractivity contribution in [2.24, 2.45) is 0 Å². The van der Waals surface area contributed by atoms with Crippen molar-refractivity contribution in [1.82, 2.24) is 14.3 Å². The molecule has 0 aliphatic carbocycles. The largest absolute Gasteiger partial charge is 0.476 e. The van der Waals surface area contributed by atoms with Gasteiger partial charge < -0.3 is 14.8 Å². The summed E-state index contributed by atoms with van der Waals surface area (Å²) < 4.78 is 87.6. The number of benzene rings is 1. The number of aromatic nitrogens is 3. The Morgan fingerprint density at radius 3 is 2.21 bits per heavy atom. The van der Waals surface area contributed by atoms with Crippen LogP contribution in [0.5, 0.6) is 5.75 Å². The predicted molar refractivity (Wildman–Crippen MR) is 147 cm³/mol. The molecule has 2 aromatic rings. The Morgan fingerprint density at radius 1 is 0.930 bits per heavy atom. The van der Waals surface area contributed by atoms with Gasteiger partial charge >= 0.3 is 24.0 Å². The van der Waals surface area contributed by atoms with Gasteiger partial charge in [0.2, 0.25) is 5.82 Å². The van der Waals surface area contributed by atoms with Crippen molar-refractivity contribution in [3.8, 4) is 5.75 Å². The molecule has 43 heavy (non-hydrogen) atoms. The quantitative estimate of drug-likeness (QED) is 0.138. The molecule has 1 aromatic carbocycles. The number of unbranched alkanes of at least 4 members (excludes halogenated alkanes) is 2. The molecule has 15 heteroatoms. The molecule has 0 bridgehead atoms. The normalized spacial score (nSPS) is 12.3. The summed E-state index contributed by atoms with van der Waals surface area (Å²) in [5.41, 5.74) is -2.18. The second kappa shape index (κ2) is 15.8. The third-order valence-electron chi connectivity index (χ3n) is 6.27. The van der Waals surface area contributed by atoms with Crippen LogP contribution in [-0.2, 0) is 29.0 Å². The summed E-state index contributed by atoms with van der Waals surface area (Å²) in [6, 6.07) is 7.28. The van der Waals surface area contributed by atoms with E-state index in [1.165, 1.54) is 0 Å². The maximum Gasteiger partial charge on any atom is 0.389 e. The highest BCUT2D eigenvalue weighted by atomic mass is 19.4. The molecule has 2 rings (SSSR count). The van der Waals surface area contributed by atoms with Gasteiger partial charge in [-0.15, -0.1) is 5.10 Å². The lowest BCUT2D eigenvalue weighted by Gasteiger charge is -2.24. The molecule has 1 N–H and O–H groups in total. The number of anilines is 1. The molecule has 1 aromatic heterocycles. The zero-order valence-electron chi connectivity index (χ0n) is 24.4. The van der Waals surface area contributed by atoms with Crippen molar-refractivity contribution < 1.29 is 40.6 Å². The molecule has 0 saturated carbocycles. The minimum atomic E-state index is -4.49. The maximum atomic E-state index is 12.8. The number of carbonyl (C=O) groups excluding carboxylic acids is 1. The van der Waals surface area contributed by atoms with E-state index in [2.05, 4.69) is 10.4 Å². The molecule has 0 unspecified atom stereocenters. The number of nitrogens with zero attached hydrogens (tertiary/aromatic N) is 3. The van der Waals surface area contributed by atoms with Crippen LogP contribution in [0.15, 0.2) is 33.9 Å². The second-order valence-electron chi connectivity index (χ2n) is 10.5. The smallest absolute Gasteiger partial charge is 0.389 e. The SMILES string of the molecule is CCOC(=O)C(C)(C)Oc1cccc(CCCCCNc2nn(CCCC(F)(F)F)c(=O)n(CCCC(F)(F)F)c2=O)c1. The van der Waals surface area contributed by atoms with E-state index in [1.807, 2.05) is 18.2 Å². The summed E-state index contributed by atoms with van der Waals surface area (Å²) in [4.78, 5) is 37.5. The standard InChI is InChI=1S/C28H38F6N4O5/c1-4-42-24(40)26(2,3)43-21-13-8-12-20(19-21)11-6-5-7-16-35-22-23(39)37(17-9-14-27(29,30)31)25(41)38(36-22)18-10-15-28(32,33)34/h8,12-13,19H,4-7,9-11,14-18H2,1-3H3,(H,35,36). The Bertz CT molecular complexity index is 1300. The van der Waals surface area contributed by atoms with Crippen molar-refractivity contribution in [3.63, 3.8) is 0 Å². The molecular weight excluding hydrogens is 586 g/mol. The summed E-state index contributed by atoms with van der Waals surface area (Å²) in [6.07, 6.45) is -9.68. The molecule has 0 amide bonds. The van der Waals surface area contributed by atoms with Crippen molar-refractivity contribution >= 4 is 11.8 Å². The lowest BCUT2D eigenvalue weighted by Crippen LogP contribution is -2.43. The number of carbonyl (C=O) groups is 1. The highest BCUT2D eigenvalue weighted by Crippen LogP contribution is 2.23. The van der Waals surface area contributed by atoms with E-state index in [0.29, 0.717) is 34.3 Å². The highest BCUT2D eigenvalue weighted by Gasteiger charge is 2.31. The molecule has 242 valence electrons. The molecule has 1 heterocycles. The van der Waals surface area contributed by atoms with Crippen LogP contribution in [0.3, 0.4) is 0 Å². The van der Waals surface area contributed by atoms with Gasteiger partial charge in [0.15, 0.2) is 5.60 Å². The van der Waals surface area contributed by atoms with Gasteiger partial charge in [-0.05, 0) is 70.6 Å².